The van der Waals surface area contributed by atoms with E-state index in [1.165, 1.54) is 55.7 Å². The molecule has 5 aromatic rings. The molecule has 0 aliphatic heterocycles. The van der Waals surface area contributed by atoms with Crippen molar-refractivity contribution in [2.24, 2.45) is 11.8 Å². The Kier molecular flexibility index (Phi) is 6.97. The number of fused-ring (bicyclic) bond motifs is 2. The molecule has 0 bridgehead atoms. The summed E-state index contributed by atoms with van der Waals surface area (Å²) in [6.45, 7) is 4.58. The third kappa shape index (κ3) is 4.73. The fraction of sp³-hybridized carbons (Fsp3) is 0.150. The van der Waals surface area contributed by atoms with Gasteiger partial charge in [-0.25, -0.2) is 0 Å². The van der Waals surface area contributed by atoms with Gasteiger partial charge in [-0.15, -0.1) is 0 Å². The predicted octanol–water partition coefficient (Wildman–Crippen LogP) is 11.2. The second-order valence-corrected chi connectivity index (χ2v) is 11.6. The van der Waals surface area contributed by atoms with E-state index >= 15 is 0 Å². The molecule has 0 N–H and O–H groups in total. The van der Waals surface area contributed by atoms with E-state index in [-0.39, 0.29) is 0 Å². The van der Waals surface area contributed by atoms with Gasteiger partial charge in [0, 0.05) is 44.3 Å². The molecule has 2 nitrogen and oxygen atoms in total. The topological polar surface area (TPSA) is 6.48 Å². The smallest absolute Gasteiger partial charge is 0.0619 e. The average molecular weight is 545 g/mol. The number of benzene rings is 5. The predicted molar refractivity (Wildman–Crippen MR) is 181 cm³/mol. The van der Waals surface area contributed by atoms with Crippen LogP contribution in [0.5, 0.6) is 0 Å². The van der Waals surface area contributed by atoms with Gasteiger partial charge in [0.2, 0.25) is 0 Å². The fourth-order valence-corrected chi connectivity index (χ4v) is 6.43. The zero-order valence-corrected chi connectivity index (χ0v) is 24.3. The van der Waals surface area contributed by atoms with Crippen molar-refractivity contribution in [1.29, 1.82) is 0 Å². The molecule has 5 aromatic carbocycles. The van der Waals surface area contributed by atoms with Gasteiger partial charge < -0.3 is 9.80 Å². The van der Waals surface area contributed by atoms with E-state index in [2.05, 4.69) is 169 Å². The summed E-state index contributed by atoms with van der Waals surface area (Å²) < 4.78 is 0. The Bertz CT molecular complexity index is 1800. The summed E-state index contributed by atoms with van der Waals surface area (Å²) in [7, 11) is 0. The first-order valence-electron chi connectivity index (χ1n) is 15.1. The number of hydrogen-bond donors (Lipinski definition) is 0. The van der Waals surface area contributed by atoms with E-state index in [9.17, 15) is 0 Å². The van der Waals surface area contributed by atoms with E-state index < -0.39 is 0 Å². The summed E-state index contributed by atoms with van der Waals surface area (Å²) >= 11 is 0. The Morgan fingerprint density at radius 3 is 1.55 bits per heavy atom. The van der Waals surface area contributed by atoms with Crippen molar-refractivity contribution in [3.8, 4) is 0 Å². The standard InChI is InChI=1S/C40H36N2/c1-29-24-26-33(27-25-29)41(31-15-5-3-6-16-31)39-35-20-9-11-22-37(35)40(38-23-12-10-21-36(38)39)42(32-17-7-4-8-18-32)34-19-13-14-30(2)28-34/h3-24,26-27,29-30H,25,28H2,1-2H3. The minimum absolute atomic E-state index is 0.481. The van der Waals surface area contributed by atoms with Gasteiger partial charge in [0.1, 0.15) is 0 Å². The van der Waals surface area contributed by atoms with Gasteiger partial charge in [0.25, 0.3) is 0 Å². The van der Waals surface area contributed by atoms with Crippen LogP contribution in [0.1, 0.15) is 26.7 Å². The zero-order chi connectivity index (χ0) is 28.5. The highest BCUT2D eigenvalue weighted by atomic mass is 15.2. The van der Waals surface area contributed by atoms with Gasteiger partial charge in [-0.1, -0.05) is 123 Å². The molecule has 2 aliphatic carbocycles. The molecule has 0 fully saturated rings. The van der Waals surface area contributed by atoms with E-state index in [4.69, 9.17) is 0 Å². The highest BCUT2D eigenvalue weighted by Crippen LogP contribution is 2.49. The Morgan fingerprint density at radius 2 is 1.05 bits per heavy atom. The second kappa shape index (κ2) is 11.2. The van der Waals surface area contributed by atoms with Crippen LogP contribution < -0.4 is 9.80 Å². The largest absolute Gasteiger partial charge is 0.313 e. The highest BCUT2D eigenvalue weighted by molar-refractivity contribution is 6.22. The van der Waals surface area contributed by atoms with Crippen LogP contribution in [0.25, 0.3) is 21.5 Å². The minimum atomic E-state index is 0.481. The van der Waals surface area contributed by atoms with E-state index in [0.717, 1.165) is 12.8 Å². The maximum Gasteiger partial charge on any atom is 0.0619 e. The Hall–Kier alpha value is -4.82. The third-order valence-corrected chi connectivity index (χ3v) is 8.45. The molecule has 7 rings (SSSR count). The molecular formula is C40H36N2. The molecule has 2 aliphatic rings. The van der Waals surface area contributed by atoms with Gasteiger partial charge in [0.05, 0.1) is 11.4 Å². The molecule has 0 saturated carbocycles. The van der Waals surface area contributed by atoms with Crippen LogP contribution in [0.2, 0.25) is 0 Å². The van der Waals surface area contributed by atoms with Crippen LogP contribution >= 0.6 is 0 Å². The summed E-state index contributed by atoms with van der Waals surface area (Å²) in [5, 5.41) is 4.97. The first kappa shape index (κ1) is 26.1. The van der Waals surface area contributed by atoms with Crippen molar-refractivity contribution in [1.82, 2.24) is 0 Å². The number of hydrogen-bond acceptors (Lipinski definition) is 2. The van der Waals surface area contributed by atoms with Crippen molar-refractivity contribution >= 4 is 44.3 Å². The SMILES string of the molecule is CC1C=CC(N(c2ccccc2)c2c3ccccc3c(N(C3=CC=CC(C)C3)c3ccccc3)c3ccccc23)=CC1. The van der Waals surface area contributed by atoms with Crippen molar-refractivity contribution in [2.45, 2.75) is 26.7 Å². The van der Waals surface area contributed by atoms with Gasteiger partial charge in [0.15, 0.2) is 0 Å². The molecular weight excluding hydrogens is 508 g/mol. The lowest BCUT2D eigenvalue weighted by molar-refractivity contribution is 0.697. The number of nitrogens with zero attached hydrogens (tertiary/aromatic N) is 2. The Balaban J connectivity index is 1.57. The van der Waals surface area contributed by atoms with Crippen LogP contribution in [-0.2, 0) is 0 Å². The van der Waals surface area contributed by atoms with Crippen LogP contribution in [0.15, 0.2) is 157 Å². The van der Waals surface area contributed by atoms with Crippen LogP contribution in [0.3, 0.4) is 0 Å². The number of allylic oxidation sites excluding steroid dienone is 7. The lowest BCUT2D eigenvalue weighted by Crippen LogP contribution is -2.21. The van der Waals surface area contributed by atoms with Crippen molar-refractivity contribution in [3.05, 3.63) is 157 Å². The van der Waals surface area contributed by atoms with E-state index in [1.54, 1.807) is 0 Å². The molecule has 2 atom stereocenters. The Morgan fingerprint density at radius 1 is 0.548 bits per heavy atom. The van der Waals surface area contributed by atoms with Crippen LogP contribution in [-0.4, -0.2) is 0 Å². The van der Waals surface area contributed by atoms with Crippen molar-refractivity contribution in [2.75, 3.05) is 9.80 Å². The first-order chi connectivity index (χ1) is 20.7. The second-order valence-electron chi connectivity index (χ2n) is 11.6. The molecule has 0 saturated heterocycles. The van der Waals surface area contributed by atoms with Gasteiger partial charge in [-0.3, -0.25) is 0 Å². The third-order valence-electron chi connectivity index (χ3n) is 8.45. The molecule has 0 heterocycles. The molecule has 2 unspecified atom stereocenters. The number of para-hydroxylation sites is 2. The average Bonchev–Trinajstić information content (AvgIpc) is 3.04. The number of rotatable bonds is 6. The summed E-state index contributed by atoms with van der Waals surface area (Å²) in [4.78, 5) is 4.97. The molecule has 42 heavy (non-hydrogen) atoms. The maximum absolute atomic E-state index is 2.50. The van der Waals surface area contributed by atoms with Crippen LogP contribution in [0.4, 0.5) is 22.7 Å². The molecule has 0 radical (unpaired) electrons. The molecule has 0 aromatic heterocycles. The summed E-state index contributed by atoms with van der Waals surface area (Å²) in [6.07, 6.45) is 15.9. The maximum atomic E-state index is 2.50. The van der Waals surface area contributed by atoms with E-state index in [1.807, 2.05) is 0 Å². The Labute approximate surface area is 249 Å². The summed E-state index contributed by atoms with van der Waals surface area (Å²) in [6, 6.07) is 39.6. The van der Waals surface area contributed by atoms with Gasteiger partial charge >= 0.3 is 0 Å². The quantitative estimate of drug-likeness (QED) is 0.155. The lowest BCUT2D eigenvalue weighted by atomic mass is 9.93. The summed E-state index contributed by atoms with van der Waals surface area (Å²) in [5.74, 6) is 1.02. The molecule has 0 amide bonds. The normalized spacial score (nSPS) is 18.1. The molecule has 0 spiro atoms. The zero-order valence-electron chi connectivity index (χ0n) is 24.3. The van der Waals surface area contributed by atoms with Crippen LogP contribution in [0, 0.1) is 11.8 Å². The summed E-state index contributed by atoms with van der Waals surface area (Å²) in [5.41, 5.74) is 7.34. The lowest BCUT2D eigenvalue weighted by Gasteiger charge is -2.35. The first-order valence-corrected chi connectivity index (χ1v) is 15.1. The van der Waals surface area contributed by atoms with Crippen molar-refractivity contribution in [3.63, 3.8) is 0 Å². The number of anilines is 4. The molecule has 2 heteroatoms. The fourth-order valence-electron chi connectivity index (χ4n) is 6.43. The minimum Gasteiger partial charge on any atom is -0.313 e. The highest BCUT2D eigenvalue weighted by Gasteiger charge is 2.27. The van der Waals surface area contributed by atoms with Gasteiger partial charge in [-0.05, 0) is 61.1 Å². The monoisotopic (exact) mass is 544 g/mol. The van der Waals surface area contributed by atoms with Crippen molar-refractivity contribution < 1.29 is 0 Å². The van der Waals surface area contributed by atoms with E-state index in [0.29, 0.717) is 11.8 Å². The molecule has 206 valence electrons. The van der Waals surface area contributed by atoms with Gasteiger partial charge in [-0.2, -0.15) is 0 Å².